The zero-order chi connectivity index (χ0) is 18.6. The molecule has 1 atom stereocenters. The number of imidazole rings is 2. The molecule has 0 amide bonds. The Hall–Kier alpha value is -3.65. The van der Waals surface area contributed by atoms with Crippen LogP contribution in [0.15, 0.2) is 79.6 Å². The molecule has 0 bridgehead atoms. The van der Waals surface area contributed by atoms with Gasteiger partial charge in [0.05, 0.1) is 47.9 Å². The number of rotatable bonds is 5. The van der Waals surface area contributed by atoms with Gasteiger partial charge in [-0.05, 0) is 24.6 Å². The van der Waals surface area contributed by atoms with Crippen molar-refractivity contribution in [3.8, 4) is 17.3 Å². The average molecular weight is 353 g/mol. The summed E-state index contributed by atoms with van der Waals surface area (Å²) in [4.78, 5) is 8.89. The molecule has 0 aliphatic rings. The van der Waals surface area contributed by atoms with E-state index >= 15 is 0 Å². The standard InChI is InChI=1S/C22H19N5/c1-17(26-14-21(25-16-26)20-5-3-2-4-6-20)22-12-24-15-27(22)13-19-9-7-18(11-23)8-10-19/h2-10,12,14-17H,13H2,1H3. The molecule has 2 aromatic heterocycles. The van der Waals surface area contributed by atoms with Crippen LogP contribution in [0.4, 0.5) is 0 Å². The third-order valence-electron chi connectivity index (χ3n) is 4.73. The van der Waals surface area contributed by atoms with E-state index in [2.05, 4.69) is 50.4 Å². The summed E-state index contributed by atoms with van der Waals surface area (Å²) in [5.41, 5.74) is 4.98. The van der Waals surface area contributed by atoms with Crippen LogP contribution in [0.2, 0.25) is 0 Å². The lowest BCUT2D eigenvalue weighted by Crippen LogP contribution is -2.11. The lowest BCUT2D eigenvalue weighted by Gasteiger charge is -2.16. The first-order valence-electron chi connectivity index (χ1n) is 8.82. The number of benzene rings is 2. The fourth-order valence-corrected chi connectivity index (χ4v) is 3.15. The van der Waals surface area contributed by atoms with Crippen LogP contribution in [0.5, 0.6) is 0 Å². The summed E-state index contributed by atoms with van der Waals surface area (Å²) in [5.74, 6) is 0. The molecule has 132 valence electrons. The molecule has 0 saturated heterocycles. The van der Waals surface area contributed by atoms with Crippen molar-refractivity contribution in [1.29, 1.82) is 5.26 Å². The molecule has 4 rings (SSSR count). The monoisotopic (exact) mass is 353 g/mol. The van der Waals surface area contributed by atoms with E-state index in [-0.39, 0.29) is 6.04 Å². The lowest BCUT2D eigenvalue weighted by molar-refractivity contribution is 0.580. The van der Waals surface area contributed by atoms with Gasteiger partial charge >= 0.3 is 0 Å². The molecule has 0 spiro atoms. The van der Waals surface area contributed by atoms with Gasteiger partial charge in [-0.25, -0.2) is 9.97 Å². The third kappa shape index (κ3) is 3.51. The van der Waals surface area contributed by atoms with E-state index in [0.717, 1.165) is 22.5 Å². The van der Waals surface area contributed by atoms with Crippen molar-refractivity contribution in [3.63, 3.8) is 0 Å². The van der Waals surface area contributed by atoms with Crippen molar-refractivity contribution in [1.82, 2.24) is 19.1 Å². The van der Waals surface area contributed by atoms with Crippen LogP contribution < -0.4 is 0 Å². The van der Waals surface area contributed by atoms with Crippen LogP contribution in [0.25, 0.3) is 11.3 Å². The summed E-state index contributed by atoms with van der Waals surface area (Å²) in [6.45, 7) is 2.86. The van der Waals surface area contributed by atoms with Crippen molar-refractivity contribution in [3.05, 3.63) is 96.5 Å². The number of nitrogens with zero attached hydrogens (tertiary/aromatic N) is 5. The number of hydrogen-bond donors (Lipinski definition) is 0. The summed E-state index contributed by atoms with van der Waals surface area (Å²) in [5, 5.41) is 8.94. The highest BCUT2D eigenvalue weighted by Crippen LogP contribution is 2.23. The SMILES string of the molecule is CC(c1cncn1Cc1ccc(C#N)cc1)n1cnc(-c2ccccc2)c1. The molecule has 0 fully saturated rings. The quantitative estimate of drug-likeness (QED) is 0.538. The van der Waals surface area contributed by atoms with Gasteiger partial charge in [-0.15, -0.1) is 0 Å². The Bertz CT molecular complexity index is 1070. The van der Waals surface area contributed by atoms with Gasteiger partial charge in [-0.3, -0.25) is 0 Å². The first kappa shape index (κ1) is 16.8. The molecule has 0 saturated carbocycles. The van der Waals surface area contributed by atoms with E-state index in [0.29, 0.717) is 12.1 Å². The normalized spacial score (nSPS) is 11.9. The van der Waals surface area contributed by atoms with Gasteiger partial charge in [0.15, 0.2) is 0 Å². The fourth-order valence-electron chi connectivity index (χ4n) is 3.15. The van der Waals surface area contributed by atoms with Gasteiger partial charge in [-0.2, -0.15) is 5.26 Å². The lowest BCUT2D eigenvalue weighted by atomic mass is 10.1. The summed E-state index contributed by atoms with van der Waals surface area (Å²) < 4.78 is 4.24. The van der Waals surface area contributed by atoms with Crippen LogP contribution in [0.1, 0.15) is 29.8 Å². The zero-order valence-corrected chi connectivity index (χ0v) is 15.0. The van der Waals surface area contributed by atoms with Gasteiger partial charge < -0.3 is 9.13 Å². The number of nitriles is 1. The Morgan fingerprint density at radius 2 is 1.81 bits per heavy atom. The maximum absolute atomic E-state index is 8.94. The molecule has 2 heterocycles. The number of hydrogen-bond acceptors (Lipinski definition) is 3. The van der Waals surface area contributed by atoms with Crippen molar-refractivity contribution >= 4 is 0 Å². The largest absolute Gasteiger partial charge is 0.328 e. The van der Waals surface area contributed by atoms with E-state index in [1.807, 2.05) is 61.3 Å². The topological polar surface area (TPSA) is 59.4 Å². The predicted molar refractivity (Wildman–Crippen MR) is 104 cm³/mol. The molecule has 0 N–H and O–H groups in total. The average Bonchev–Trinajstić information content (AvgIpc) is 3.39. The molecule has 5 nitrogen and oxygen atoms in total. The van der Waals surface area contributed by atoms with Gasteiger partial charge in [-0.1, -0.05) is 42.5 Å². The third-order valence-corrected chi connectivity index (χ3v) is 4.73. The minimum Gasteiger partial charge on any atom is -0.328 e. The van der Waals surface area contributed by atoms with E-state index < -0.39 is 0 Å². The van der Waals surface area contributed by atoms with Gasteiger partial charge in [0.2, 0.25) is 0 Å². The Kier molecular flexibility index (Phi) is 4.54. The first-order chi connectivity index (χ1) is 13.2. The summed E-state index contributed by atoms with van der Waals surface area (Å²) in [6.07, 6.45) is 7.68. The second-order valence-corrected chi connectivity index (χ2v) is 6.50. The highest BCUT2D eigenvalue weighted by molar-refractivity contribution is 5.57. The van der Waals surface area contributed by atoms with Gasteiger partial charge in [0, 0.05) is 18.3 Å². The maximum Gasteiger partial charge on any atom is 0.0991 e. The molecule has 0 aliphatic heterocycles. The summed E-state index contributed by atoms with van der Waals surface area (Å²) in [7, 11) is 0. The smallest absolute Gasteiger partial charge is 0.0991 e. The highest BCUT2D eigenvalue weighted by Gasteiger charge is 2.14. The molecular formula is C22H19N5. The second-order valence-electron chi connectivity index (χ2n) is 6.50. The molecule has 27 heavy (non-hydrogen) atoms. The molecule has 1 unspecified atom stereocenters. The van der Waals surface area contributed by atoms with Crippen molar-refractivity contribution < 1.29 is 0 Å². The van der Waals surface area contributed by atoms with Crippen LogP contribution >= 0.6 is 0 Å². The Balaban J connectivity index is 1.56. The Labute approximate surface area is 158 Å². The van der Waals surface area contributed by atoms with E-state index in [9.17, 15) is 0 Å². The minimum atomic E-state index is 0.107. The van der Waals surface area contributed by atoms with Gasteiger partial charge in [0.25, 0.3) is 0 Å². The summed E-state index contributed by atoms with van der Waals surface area (Å²) >= 11 is 0. The Morgan fingerprint density at radius 1 is 1.04 bits per heavy atom. The first-order valence-corrected chi connectivity index (χ1v) is 8.82. The molecular weight excluding hydrogens is 334 g/mol. The van der Waals surface area contributed by atoms with E-state index in [1.165, 1.54) is 0 Å². The summed E-state index contributed by atoms with van der Waals surface area (Å²) in [6, 6.07) is 20.1. The van der Waals surface area contributed by atoms with E-state index in [1.54, 1.807) is 0 Å². The molecule has 2 aromatic carbocycles. The van der Waals surface area contributed by atoms with Crippen molar-refractivity contribution in [2.45, 2.75) is 19.5 Å². The zero-order valence-electron chi connectivity index (χ0n) is 15.0. The fraction of sp³-hybridized carbons (Fsp3) is 0.136. The molecule has 0 aliphatic carbocycles. The van der Waals surface area contributed by atoms with Crippen LogP contribution in [-0.4, -0.2) is 19.1 Å². The second kappa shape index (κ2) is 7.30. The molecule has 5 heteroatoms. The maximum atomic E-state index is 8.94. The molecule has 4 aromatic rings. The van der Waals surface area contributed by atoms with Crippen molar-refractivity contribution in [2.75, 3.05) is 0 Å². The van der Waals surface area contributed by atoms with Crippen molar-refractivity contribution in [2.24, 2.45) is 0 Å². The Morgan fingerprint density at radius 3 is 2.56 bits per heavy atom. The molecule has 0 radical (unpaired) electrons. The van der Waals surface area contributed by atoms with Crippen LogP contribution in [0, 0.1) is 11.3 Å². The predicted octanol–water partition coefficient (Wildman–Crippen LogP) is 4.28. The van der Waals surface area contributed by atoms with E-state index in [4.69, 9.17) is 5.26 Å². The minimum absolute atomic E-state index is 0.107. The highest BCUT2D eigenvalue weighted by atomic mass is 15.1. The van der Waals surface area contributed by atoms with Crippen LogP contribution in [-0.2, 0) is 6.54 Å². The number of aromatic nitrogens is 4. The van der Waals surface area contributed by atoms with Gasteiger partial charge in [0.1, 0.15) is 0 Å². The van der Waals surface area contributed by atoms with Crippen LogP contribution in [0.3, 0.4) is 0 Å².